The van der Waals surface area contributed by atoms with Crippen molar-refractivity contribution in [3.8, 4) is 0 Å². The lowest BCUT2D eigenvalue weighted by molar-refractivity contribution is -0.128. The van der Waals surface area contributed by atoms with E-state index in [1.165, 1.54) is 0 Å². The molecule has 2 amide bonds. The molecule has 2 N–H and O–H groups in total. The number of rotatable bonds is 2. The summed E-state index contributed by atoms with van der Waals surface area (Å²) in [5, 5.41) is 2.99. The van der Waals surface area contributed by atoms with E-state index in [1.807, 2.05) is 20.8 Å². The lowest BCUT2D eigenvalue weighted by atomic mass is 9.98. The van der Waals surface area contributed by atoms with Gasteiger partial charge in [-0.2, -0.15) is 0 Å². The molecule has 0 aliphatic carbocycles. The summed E-state index contributed by atoms with van der Waals surface area (Å²) in [6, 6.07) is 4.75. The molecular formula is C18H23N3O3S. The zero-order chi connectivity index (χ0) is 18.2. The van der Waals surface area contributed by atoms with Crippen LogP contribution >= 0.6 is 12.2 Å². The molecule has 1 atom stereocenters. The van der Waals surface area contributed by atoms with E-state index < -0.39 is 6.04 Å². The van der Waals surface area contributed by atoms with Crippen LogP contribution in [0, 0.1) is 4.84 Å². The molecule has 1 aromatic carbocycles. The minimum atomic E-state index is -0.436. The number of piperidine rings is 1. The second-order valence-corrected chi connectivity index (χ2v) is 7.85. The van der Waals surface area contributed by atoms with Crippen LogP contribution in [-0.4, -0.2) is 39.8 Å². The highest BCUT2D eigenvalue weighted by Crippen LogP contribution is 2.23. The number of benzene rings is 1. The minimum Gasteiger partial charge on any atom is -0.429 e. The largest absolute Gasteiger partial charge is 0.429 e. The second kappa shape index (κ2) is 6.63. The van der Waals surface area contributed by atoms with E-state index in [4.69, 9.17) is 16.6 Å². The number of aromatic amines is 1. The maximum atomic E-state index is 13.0. The first-order valence-corrected chi connectivity index (χ1v) is 8.91. The van der Waals surface area contributed by atoms with Gasteiger partial charge in [-0.15, -0.1) is 0 Å². The maximum absolute atomic E-state index is 13.0. The Morgan fingerprint density at radius 3 is 2.80 bits per heavy atom. The summed E-state index contributed by atoms with van der Waals surface area (Å²) >= 11 is 4.98. The standard InChI is InChI=1S/C18H23N3O3S/c1-18(2,3)20-15(22)13-6-4-5-9-21(13)16(23)11-7-8-12-14(10-11)24-17(25)19-12/h7-8,10,13H,4-6,9H2,1-3H3,(H,19,25)(H,20,22)/t13-/m0/s1. The van der Waals surface area contributed by atoms with Crippen LogP contribution in [0.2, 0.25) is 0 Å². The van der Waals surface area contributed by atoms with Crippen LogP contribution in [0.25, 0.3) is 11.1 Å². The summed E-state index contributed by atoms with van der Waals surface area (Å²) in [6.07, 6.45) is 2.52. The molecule has 2 heterocycles. The van der Waals surface area contributed by atoms with E-state index in [2.05, 4.69) is 10.3 Å². The molecule has 7 heteroatoms. The van der Waals surface area contributed by atoms with Gasteiger partial charge in [0.05, 0.1) is 5.52 Å². The first-order valence-electron chi connectivity index (χ1n) is 8.50. The fraction of sp³-hybridized carbons (Fsp3) is 0.500. The zero-order valence-corrected chi connectivity index (χ0v) is 15.5. The summed E-state index contributed by atoms with van der Waals surface area (Å²) in [5.41, 5.74) is 1.47. The number of aromatic nitrogens is 1. The summed E-state index contributed by atoms with van der Waals surface area (Å²) in [7, 11) is 0. The molecule has 1 aliphatic heterocycles. The van der Waals surface area contributed by atoms with Crippen molar-refractivity contribution < 1.29 is 14.0 Å². The maximum Gasteiger partial charge on any atom is 0.266 e. The van der Waals surface area contributed by atoms with Gasteiger partial charge in [0.2, 0.25) is 5.91 Å². The minimum absolute atomic E-state index is 0.0965. The Balaban J connectivity index is 1.86. The number of nitrogens with zero attached hydrogens (tertiary/aromatic N) is 1. The van der Waals surface area contributed by atoms with Crippen molar-refractivity contribution in [1.82, 2.24) is 15.2 Å². The Hall–Kier alpha value is -2.15. The number of likely N-dealkylation sites (tertiary alicyclic amines) is 1. The summed E-state index contributed by atoms with van der Waals surface area (Å²) < 4.78 is 5.40. The molecule has 0 unspecified atom stereocenters. The molecule has 0 radical (unpaired) electrons. The fourth-order valence-electron chi connectivity index (χ4n) is 3.14. The number of nitrogens with one attached hydrogen (secondary N) is 2. The van der Waals surface area contributed by atoms with Gasteiger partial charge >= 0.3 is 0 Å². The average molecular weight is 361 g/mol. The Bertz CT molecular complexity index is 862. The Morgan fingerprint density at radius 2 is 2.08 bits per heavy atom. The van der Waals surface area contributed by atoms with Gasteiger partial charge in [-0.3, -0.25) is 9.59 Å². The monoisotopic (exact) mass is 361 g/mol. The smallest absolute Gasteiger partial charge is 0.266 e. The van der Waals surface area contributed by atoms with Gasteiger partial charge in [0.25, 0.3) is 10.7 Å². The molecule has 2 aromatic rings. The van der Waals surface area contributed by atoms with Gasteiger partial charge < -0.3 is 19.6 Å². The number of hydrogen-bond acceptors (Lipinski definition) is 4. The topological polar surface area (TPSA) is 78.3 Å². The van der Waals surface area contributed by atoms with Crippen molar-refractivity contribution >= 4 is 35.1 Å². The summed E-state index contributed by atoms with van der Waals surface area (Å²) in [4.78, 5) is 30.5. The molecule has 25 heavy (non-hydrogen) atoms. The fourth-order valence-corrected chi connectivity index (χ4v) is 3.34. The van der Waals surface area contributed by atoms with Gasteiger partial charge in [0.15, 0.2) is 5.58 Å². The number of carbonyl (C=O) groups excluding carboxylic acids is 2. The highest BCUT2D eigenvalue weighted by molar-refractivity contribution is 7.71. The van der Waals surface area contributed by atoms with Crippen molar-refractivity contribution in [2.45, 2.75) is 51.6 Å². The van der Waals surface area contributed by atoms with E-state index in [0.29, 0.717) is 24.1 Å². The number of oxazole rings is 1. The molecule has 0 spiro atoms. The predicted octanol–water partition coefficient (Wildman–Crippen LogP) is 3.40. The van der Waals surface area contributed by atoms with Crippen LogP contribution in [0.5, 0.6) is 0 Å². The van der Waals surface area contributed by atoms with Gasteiger partial charge in [-0.1, -0.05) is 0 Å². The third-order valence-electron chi connectivity index (χ3n) is 4.23. The summed E-state index contributed by atoms with van der Waals surface area (Å²) in [5.74, 6) is -0.251. The number of carbonyl (C=O) groups is 2. The Labute approximate surface area is 151 Å². The SMILES string of the molecule is CC(C)(C)NC(=O)[C@@H]1CCCCN1C(=O)c1ccc2[nH]c(=S)oc2c1. The molecule has 1 aromatic heterocycles. The molecule has 1 saturated heterocycles. The van der Waals surface area contributed by atoms with Crippen LogP contribution < -0.4 is 5.32 Å². The van der Waals surface area contributed by atoms with E-state index in [-0.39, 0.29) is 22.2 Å². The van der Waals surface area contributed by atoms with Crippen LogP contribution in [0.3, 0.4) is 0 Å². The lowest BCUT2D eigenvalue weighted by Crippen LogP contribution is -2.55. The highest BCUT2D eigenvalue weighted by atomic mass is 32.1. The van der Waals surface area contributed by atoms with Crippen molar-refractivity contribution in [3.05, 3.63) is 28.6 Å². The van der Waals surface area contributed by atoms with Crippen molar-refractivity contribution in [3.63, 3.8) is 0 Å². The quantitative estimate of drug-likeness (QED) is 0.804. The Kier molecular flexibility index (Phi) is 4.69. The van der Waals surface area contributed by atoms with Crippen LogP contribution in [0.4, 0.5) is 0 Å². The van der Waals surface area contributed by atoms with Gasteiger partial charge in [-0.05, 0) is 70.5 Å². The third kappa shape index (κ3) is 3.92. The van der Waals surface area contributed by atoms with Gasteiger partial charge in [0, 0.05) is 17.6 Å². The number of amides is 2. The predicted molar refractivity (Wildman–Crippen MR) is 98.0 cm³/mol. The molecule has 1 aliphatic rings. The third-order valence-corrected chi connectivity index (χ3v) is 4.42. The first kappa shape index (κ1) is 17.7. The van der Waals surface area contributed by atoms with Crippen LogP contribution in [-0.2, 0) is 4.79 Å². The molecule has 3 rings (SSSR count). The normalized spacial score (nSPS) is 18.4. The lowest BCUT2D eigenvalue weighted by Gasteiger charge is -2.36. The van der Waals surface area contributed by atoms with Crippen molar-refractivity contribution in [1.29, 1.82) is 0 Å². The summed E-state index contributed by atoms with van der Waals surface area (Å²) in [6.45, 7) is 6.39. The number of fused-ring (bicyclic) bond motifs is 1. The second-order valence-electron chi connectivity index (χ2n) is 7.47. The molecular weight excluding hydrogens is 338 g/mol. The first-order chi connectivity index (χ1) is 11.7. The van der Waals surface area contributed by atoms with E-state index in [0.717, 1.165) is 18.4 Å². The molecule has 0 saturated carbocycles. The molecule has 0 bridgehead atoms. The molecule has 1 fully saturated rings. The van der Waals surface area contributed by atoms with E-state index >= 15 is 0 Å². The van der Waals surface area contributed by atoms with Crippen molar-refractivity contribution in [2.24, 2.45) is 0 Å². The number of hydrogen-bond donors (Lipinski definition) is 2. The molecule has 134 valence electrons. The average Bonchev–Trinajstić information content (AvgIpc) is 2.91. The van der Waals surface area contributed by atoms with E-state index in [1.54, 1.807) is 23.1 Å². The van der Waals surface area contributed by atoms with Crippen molar-refractivity contribution in [2.75, 3.05) is 6.54 Å². The highest BCUT2D eigenvalue weighted by Gasteiger charge is 2.34. The number of H-pyrrole nitrogens is 1. The van der Waals surface area contributed by atoms with Gasteiger partial charge in [0.1, 0.15) is 6.04 Å². The van der Waals surface area contributed by atoms with Gasteiger partial charge in [-0.25, -0.2) is 0 Å². The Morgan fingerprint density at radius 1 is 1.32 bits per heavy atom. The van der Waals surface area contributed by atoms with Crippen LogP contribution in [0.15, 0.2) is 22.6 Å². The van der Waals surface area contributed by atoms with E-state index in [9.17, 15) is 9.59 Å². The van der Waals surface area contributed by atoms with Crippen LogP contribution in [0.1, 0.15) is 50.4 Å². The zero-order valence-electron chi connectivity index (χ0n) is 14.7. The molecule has 6 nitrogen and oxygen atoms in total.